The molecule has 3 aromatic carbocycles. The van der Waals surface area contributed by atoms with Crippen molar-refractivity contribution in [1.82, 2.24) is 15.0 Å². The molecule has 4 aromatic rings. The molecule has 180 valence electrons. The Labute approximate surface area is 205 Å². The maximum absolute atomic E-state index is 13.4. The highest BCUT2D eigenvalue weighted by Crippen LogP contribution is 2.21. The average molecular weight is 489 g/mol. The second kappa shape index (κ2) is 10.7. The Balaban J connectivity index is 1.56. The first-order valence-electron chi connectivity index (χ1n) is 11.3. The van der Waals surface area contributed by atoms with Gasteiger partial charge in [0.05, 0.1) is 5.52 Å². The van der Waals surface area contributed by atoms with Crippen LogP contribution in [0.4, 0.5) is 5.69 Å². The predicted octanol–water partition coefficient (Wildman–Crippen LogP) is 3.51. The lowest BCUT2D eigenvalue weighted by atomic mass is 10.1. The maximum Gasteiger partial charge on any atom is 0.243 e. The van der Waals surface area contributed by atoms with Crippen LogP contribution >= 0.6 is 0 Å². The first-order valence-corrected chi connectivity index (χ1v) is 12.8. The van der Waals surface area contributed by atoms with Gasteiger partial charge in [-0.2, -0.15) is 4.72 Å². The van der Waals surface area contributed by atoms with Crippen LogP contribution in [0.3, 0.4) is 0 Å². The number of fused-ring (bicyclic) bond motifs is 1. The first-order chi connectivity index (χ1) is 16.8. The number of hydrogen-bond donors (Lipinski definition) is 2. The van der Waals surface area contributed by atoms with Crippen LogP contribution in [0.5, 0.6) is 0 Å². The molecular weight excluding hydrogens is 460 g/mol. The zero-order chi connectivity index (χ0) is 24.8. The lowest BCUT2D eigenvalue weighted by Gasteiger charge is -2.19. The Morgan fingerprint density at radius 1 is 0.886 bits per heavy atom. The number of para-hydroxylation sites is 1. The van der Waals surface area contributed by atoms with E-state index in [1.54, 1.807) is 30.5 Å². The molecule has 0 fully saturated rings. The van der Waals surface area contributed by atoms with Gasteiger partial charge in [0.1, 0.15) is 10.9 Å². The fourth-order valence-corrected chi connectivity index (χ4v) is 5.18. The summed E-state index contributed by atoms with van der Waals surface area (Å²) in [5, 5.41) is 3.59. The molecule has 1 amide bonds. The fourth-order valence-electron chi connectivity index (χ4n) is 3.81. The molecule has 0 aliphatic rings. The summed E-state index contributed by atoms with van der Waals surface area (Å²) in [7, 11) is -0.106. The molecule has 8 heteroatoms. The van der Waals surface area contributed by atoms with Gasteiger partial charge in [0, 0.05) is 37.9 Å². The van der Waals surface area contributed by atoms with Crippen molar-refractivity contribution in [1.29, 1.82) is 0 Å². The summed E-state index contributed by atoms with van der Waals surface area (Å²) in [5.74, 6) is -0.401. The zero-order valence-corrected chi connectivity index (χ0v) is 20.5. The molecule has 0 spiro atoms. The summed E-state index contributed by atoms with van der Waals surface area (Å²) in [4.78, 5) is 19.5. The largest absolute Gasteiger partial charge is 0.378 e. The molecule has 0 aliphatic carbocycles. The smallest absolute Gasteiger partial charge is 0.243 e. The van der Waals surface area contributed by atoms with E-state index in [0.717, 1.165) is 16.8 Å². The van der Waals surface area contributed by atoms with Crippen LogP contribution in [-0.2, 0) is 27.8 Å². The molecule has 2 N–H and O–H groups in total. The quantitative estimate of drug-likeness (QED) is 0.376. The minimum absolute atomic E-state index is 0.0423. The molecule has 0 saturated carbocycles. The SMILES string of the molecule is CN(C)c1ccc(CNC(=O)[C@@H](Cc2ccccc2)NS(=O)(=O)c2cccc3cccnc23)cc1. The second-order valence-electron chi connectivity index (χ2n) is 8.47. The molecule has 7 nitrogen and oxygen atoms in total. The normalized spacial score (nSPS) is 12.3. The molecule has 0 aliphatic heterocycles. The van der Waals surface area contributed by atoms with E-state index in [2.05, 4.69) is 15.0 Å². The monoisotopic (exact) mass is 488 g/mol. The van der Waals surface area contributed by atoms with Crippen molar-refractivity contribution in [2.45, 2.75) is 23.9 Å². The van der Waals surface area contributed by atoms with Gasteiger partial charge in [-0.3, -0.25) is 9.78 Å². The van der Waals surface area contributed by atoms with Gasteiger partial charge in [0.2, 0.25) is 15.9 Å². The standard InChI is InChI=1S/C27H28N4O3S/c1-31(2)23-15-13-21(14-16-23)19-29-27(32)24(18-20-8-4-3-5-9-20)30-35(33,34)25-12-6-10-22-11-7-17-28-26(22)25/h3-17,24,30H,18-19H2,1-2H3,(H,29,32)/t24-/m1/s1. The number of rotatable bonds is 9. The Morgan fingerprint density at radius 3 is 2.31 bits per heavy atom. The number of carbonyl (C=O) groups is 1. The molecule has 4 rings (SSSR count). The highest BCUT2D eigenvalue weighted by molar-refractivity contribution is 7.89. The van der Waals surface area contributed by atoms with E-state index in [0.29, 0.717) is 10.9 Å². The van der Waals surface area contributed by atoms with Crippen molar-refractivity contribution in [3.8, 4) is 0 Å². The molecule has 0 saturated heterocycles. The van der Waals surface area contributed by atoms with Crippen LogP contribution in [0.15, 0.2) is 96.0 Å². The van der Waals surface area contributed by atoms with Crippen molar-refractivity contribution >= 4 is 32.5 Å². The Morgan fingerprint density at radius 2 is 1.60 bits per heavy atom. The van der Waals surface area contributed by atoms with E-state index in [9.17, 15) is 13.2 Å². The van der Waals surface area contributed by atoms with Gasteiger partial charge in [0.25, 0.3) is 0 Å². The fraction of sp³-hybridized carbons (Fsp3) is 0.185. The van der Waals surface area contributed by atoms with Gasteiger partial charge in [-0.05, 0) is 41.8 Å². The number of nitrogens with one attached hydrogen (secondary N) is 2. The summed E-state index contributed by atoms with van der Waals surface area (Å²) in [6.07, 6.45) is 1.76. The Kier molecular flexibility index (Phi) is 7.43. The summed E-state index contributed by atoms with van der Waals surface area (Å²) in [6, 6.07) is 24.7. The predicted molar refractivity (Wildman–Crippen MR) is 139 cm³/mol. The summed E-state index contributed by atoms with van der Waals surface area (Å²) >= 11 is 0. The number of amides is 1. The van der Waals surface area contributed by atoms with Gasteiger partial charge in [0.15, 0.2) is 0 Å². The molecular formula is C27H28N4O3S. The molecule has 35 heavy (non-hydrogen) atoms. The van der Waals surface area contributed by atoms with E-state index in [1.165, 1.54) is 6.07 Å². The Hall–Kier alpha value is -3.75. The van der Waals surface area contributed by atoms with Crippen molar-refractivity contribution in [3.05, 3.63) is 102 Å². The number of nitrogens with zero attached hydrogens (tertiary/aromatic N) is 2. The lowest BCUT2D eigenvalue weighted by molar-refractivity contribution is -0.122. The summed E-state index contributed by atoms with van der Waals surface area (Å²) < 4.78 is 29.4. The number of sulfonamides is 1. The van der Waals surface area contributed by atoms with Crippen LogP contribution < -0.4 is 14.9 Å². The van der Waals surface area contributed by atoms with Gasteiger partial charge >= 0.3 is 0 Å². The van der Waals surface area contributed by atoms with Crippen molar-refractivity contribution < 1.29 is 13.2 Å². The molecule has 1 heterocycles. The summed E-state index contributed by atoms with van der Waals surface area (Å²) in [5.41, 5.74) is 3.19. The number of aromatic nitrogens is 1. The third kappa shape index (κ3) is 6.03. The average Bonchev–Trinajstić information content (AvgIpc) is 2.87. The van der Waals surface area contributed by atoms with E-state index >= 15 is 0 Å². The van der Waals surface area contributed by atoms with Crippen molar-refractivity contribution in [2.75, 3.05) is 19.0 Å². The van der Waals surface area contributed by atoms with Crippen LogP contribution in [0.1, 0.15) is 11.1 Å². The third-order valence-corrected chi connectivity index (χ3v) is 7.20. The first kappa shape index (κ1) is 24.4. The van der Waals surface area contributed by atoms with Crippen LogP contribution in [0, 0.1) is 0 Å². The topological polar surface area (TPSA) is 91.4 Å². The van der Waals surface area contributed by atoms with Crippen LogP contribution in [-0.4, -0.2) is 39.4 Å². The van der Waals surface area contributed by atoms with Crippen LogP contribution in [0.2, 0.25) is 0 Å². The molecule has 1 atom stereocenters. The third-order valence-electron chi connectivity index (χ3n) is 5.70. The zero-order valence-electron chi connectivity index (χ0n) is 19.7. The number of benzene rings is 3. The Bertz CT molecular complexity index is 1400. The lowest BCUT2D eigenvalue weighted by Crippen LogP contribution is -2.47. The van der Waals surface area contributed by atoms with Gasteiger partial charge < -0.3 is 10.2 Å². The van der Waals surface area contributed by atoms with Gasteiger partial charge in [-0.1, -0.05) is 60.7 Å². The van der Waals surface area contributed by atoms with Crippen molar-refractivity contribution in [2.24, 2.45) is 0 Å². The van der Waals surface area contributed by atoms with Crippen LogP contribution in [0.25, 0.3) is 10.9 Å². The van der Waals surface area contributed by atoms with E-state index in [1.807, 2.05) is 73.6 Å². The minimum Gasteiger partial charge on any atom is -0.378 e. The maximum atomic E-state index is 13.4. The molecule has 0 radical (unpaired) electrons. The molecule has 0 bridgehead atoms. The summed E-state index contributed by atoms with van der Waals surface area (Å²) in [6.45, 7) is 0.287. The second-order valence-corrected chi connectivity index (χ2v) is 10.2. The highest BCUT2D eigenvalue weighted by atomic mass is 32.2. The molecule has 1 aromatic heterocycles. The number of pyridine rings is 1. The molecule has 0 unspecified atom stereocenters. The van der Waals surface area contributed by atoms with E-state index in [4.69, 9.17) is 0 Å². The number of anilines is 1. The van der Waals surface area contributed by atoms with E-state index < -0.39 is 22.0 Å². The number of carbonyl (C=O) groups excluding carboxylic acids is 1. The highest BCUT2D eigenvalue weighted by Gasteiger charge is 2.27. The minimum atomic E-state index is -4.03. The van der Waals surface area contributed by atoms with Crippen molar-refractivity contribution in [3.63, 3.8) is 0 Å². The van der Waals surface area contributed by atoms with Gasteiger partial charge in [-0.25, -0.2) is 8.42 Å². The van der Waals surface area contributed by atoms with E-state index in [-0.39, 0.29) is 17.9 Å². The number of hydrogen-bond acceptors (Lipinski definition) is 5. The van der Waals surface area contributed by atoms with Gasteiger partial charge in [-0.15, -0.1) is 0 Å².